The molecule has 1 atom stereocenters. The van der Waals surface area contributed by atoms with Gasteiger partial charge in [0.05, 0.1) is 13.2 Å². The highest BCUT2D eigenvalue weighted by Gasteiger charge is 2.22. The topological polar surface area (TPSA) is 48.9 Å². The van der Waals surface area contributed by atoms with Gasteiger partial charge in [-0.1, -0.05) is 18.2 Å². The molecule has 0 radical (unpaired) electrons. The van der Waals surface area contributed by atoms with Crippen LogP contribution >= 0.6 is 0 Å². The van der Waals surface area contributed by atoms with Crippen molar-refractivity contribution in [3.63, 3.8) is 0 Å². The first-order valence-electron chi connectivity index (χ1n) is 8.70. The molecule has 1 unspecified atom stereocenters. The highest BCUT2D eigenvalue weighted by Crippen LogP contribution is 2.29. The Morgan fingerprint density at radius 1 is 1.30 bits per heavy atom. The first kappa shape index (κ1) is 17.6. The lowest BCUT2D eigenvalue weighted by Crippen LogP contribution is -2.41. The summed E-state index contributed by atoms with van der Waals surface area (Å²) in [6.07, 6.45) is 1.14. The summed E-state index contributed by atoms with van der Waals surface area (Å²) < 4.78 is 5.35. The molecule has 0 aromatic heterocycles. The zero-order valence-electron chi connectivity index (χ0n) is 14.6. The standard InChI is InChI=1S/C18H30N4O/c1-4-19-18(20-11-13-23-5-2)21-14-15(3)22-12-10-16-8-6-7-9-17(16)22/h6-9,15H,4-5,10-14H2,1-3H3,(H2,19,20,21). The lowest BCUT2D eigenvalue weighted by molar-refractivity contribution is 0.152. The Kier molecular flexibility index (Phi) is 7.20. The van der Waals surface area contributed by atoms with Gasteiger partial charge >= 0.3 is 0 Å². The Hall–Kier alpha value is -1.75. The molecule has 0 saturated carbocycles. The third-order valence-electron chi connectivity index (χ3n) is 4.06. The largest absolute Gasteiger partial charge is 0.380 e. The summed E-state index contributed by atoms with van der Waals surface area (Å²) in [7, 11) is 0. The summed E-state index contributed by atoms with van der Waals surface area (Å²) in [5.74, 6) is 0.867. The molecule has 5 nitrogen and oxygen atoms in total. The van der Waals surface area contributed by atoms with Crippen LogP contribution in [0.3, 0.4) is 0 Å². The molecule has 5 heteroatoms. The van der Waals surface area contributed by atoms with Gasteiger partial charge in [-0.15, -0.1) is 0 Å². The lowest BCUT2D eigenvalue weighted by atomic mass is 10.2. The molecule has 0 amide bonds. The van der Waals surface area contributed by atoms with Crippen LogP contribution in [-0.4, -0.2) is 51.4 Å². The van der Waals surface area contributed by atoms with Crippen LogP contribution in [0.25, 0.3) is 0 Å². The van der Waals surface area contributed by atoms with Crippen LogP contribution in [0.1, 0.15) is 26.3 Å². The highest BCUT2D eigenvalue weighted by atomic mass is 16.5. The molecule has 1 aromatic carbocycles. The Balaban J connectivity index is 1.88. The quantitative estimate of drug-likeness (QED) is 0.437. The number of fused-ring (bicyclic) bond motifs is 1. The number of nitrogens with one attached hydrogen (secondary N) is 2. The number of guanidine groups is 1. The molecule has 1 aromatic rings. The summed E-state index contributed by atoms with van der Waals surface area (Å²) in [5, 5.41) is 6.61. The maximum absolute atomic E-state index is 5.35. The van der Waals surface area contributed by atoms with Crippen molar-refractivity contribution in [2.45, 2.75) is 33.2 Å². The second-order valence-electron chi connectivity index (χ2n) is 5.76. The fraction of sp³-hybridized carbons (Fsp3) is 0.611. The van der Waals surface area contributed by atoms with Crippen molar-refractivity contribution in [2.24, 2.45) is 4.99 Å². The highest BCUT2D eigenvalue weighted by molar-refractivity contribution is 5.79. The van der Waals surface area contributed by atoms with E-state index in [1.807, 2.05) is 6.92 Å². The first-order valence-corrected chi connectivity index (χ1v) is 8.70. The van der Waals surface area contributed by atoms with Crippen molar-refractivity contribution < 1.29 is 4.74 Å². The van der Waals surface area contributed by atoms with E-state index in [1.165, 1.54) is 11.3 Å². The van der Waals surface area contributed by atoms with Crippen molar-refractivity contribution in [1.29, 1.82) is 0 Å². The first-order chi connectivity index (χ1) is 11.3. The van der Waals surface area contributed by atoms with Crippen LogP contribution < -0.4 is 15.5 Å². The number of benzene rings is 1. The van der Waals surface area contributed by atoms with E-state index in [2.05, 4.69) is 53.6 Å². The number of hydrogen-bond acceptors (Lipinski definition) is 3. The summed E-state index contributed by atoms with van der Waals surface area (Å²) in [6.45, 7) is 11.3. The average molecular weight is 318 g/mol. The number of nitrogens with zero attached hydrogens (tertiary/aromatic N) is 2. The number of anilines is 1. The van der Waals surface area contributed by atoms with E-state index in [0.29, 0.717) is 12.6 Å². The molecule has 0 bridgehead atoms. The van der Waals surface area contributed by atoms with Gasteiger partial charge in [-0.3, -0.25) is 4.99 Å². The molecule has 0 aliphatic carbocycles. The van der Waals surface area contributed by atoms with Gasteiger partial charge in [0.1, 0.15) is 0 Å². The van der Waals surface area contributed by atoms with Crippen molar-refractivity contribution in [3.8, 4) is 0 Å². The summed E-state index contributed by atoms with van der Waals surface area (Å²) >= 11 is 0. The van der Waals surface area contributed by atoms with Crippen LogP contribution in [0.2, 0.25) is 0 Å². The number of hydrogen-bond donors (Lipinski definition) is 2. The fourth-order valence-corrected chi connectivity index (χ4v) is 2.87. The van der Waals surface area contributed by atoms with Gasteiger partial charge < -0.3 is 20.3 Å². The molecule has 2 rings (SSSR count). The Morgan fingerprint density at radius 2 is 2.13 bits per heavy atom. The van der Waals surface area contributed by atoms with Crippen LogP contribution in [0.15, 0.2) is 29.3 Å². The second-order valence-corrected chi connectivity index (χ2v) is 5.76. The molecule has 0 fully saturated rings. The molecule has 1 aliphatic rings. The molecule has 2 N–H and O–H groups in total. The van der Waals surface area contributed by atoms with Gasteiger partial charge in [-0.05, 0) is 38.8 Å². The zero-order valence-corrected chi connectivity index (χ0v) is 14.6. The van der Waals surface area contributed by atoms with Crippen molar-refractivity contribution in [2.75, 3.05) is 44.3 Å². The third kappa shape index (κ3) is 5.13. The summed E-state index contributed by atoms with van der Waals surface area (Å²) in [4.78, 5) is 7.19. The van der Waals surface area contributed by atoms with E-state index in [4.69, 9.17) is 9.73 Å². The number of para-hydroxylation sites is 1. The molecule has 1 aliphatic heterocycles. The van der Waals surface area contributed by atoms with Gasteiger partial charge in [0.15, 0.2) is 5.96 Å². The van der Waals surface area contributed by atoms with Crippen LogP contribution in [-0.2, 0) is 11.2 Å². The Labute approximate surface area is 140 Å². The molecule has 0 saturated heterocycles. The minimum atomic E-state index is 0.390. The van der Waals surface area contributed by atoms with Crippen LogP contribution in [0, 0.1) is 0 Å². The molecule has 23 heavy (non-hydrogen) atoms. The Bertz CT molecular complexity index is 504. The second kappa shape index (κ2) is 9.40. The predicted octanol–water partition coefficient (Wildman–Crippen LogP) is 2.03. The van der Waals surface area contributed by atoms with Crippen molar-refractivity contribution in [1.82, 2.24) is 10.6 Å². The fourth-order valence-electron chi connectivity index (χ4n) is 2.87. The van der Waals surface area contributed by atoms with E-state index < -0.39 is 0 Å². The molecule has 1 heterocycles. The van der Waals surface area contributed by atoms with Gasteiger partial charge in [0.2, 0.25) is 0 Å². The van der Waals surface area contributed by atoms with E-state index in [0.717, 1.165) is 45.2 Å². The van der Waals surface area contributed by atoms with E-state index in [-0.39, 0.29) is 0 Å². The third-order valence-corrected chi connectivity index (χ3v) is 4.06. The lowest BCUT2D eigenvalue weighted by Gasteiger charge is -2.26. The van der Waals surface area contributed by atoms with Crippen molar-refractivity contribution >= 4 is 11.6 Å². The van der Waals surface area contributed by atoms with Gasteiger partial charge in [-0.25, -0.2) is 0 Å². The van der Waals surface area contributed by atoms with Crippen molar-refractivity contribution in [3.05, 3.63) is 29.8 Å². The van der Waals surface area contributed by atoms with E-state index in [1.54, 1.807) is 0 Å². The van der Waals surface area contributed by atoms with Crippen LogP contribution in [0.4, 0.5) is 5.69 Å². The van der Waals surface area contributed by atoms with E-state index in [9.17, 15) is 0 Å². The maximum atomic E-state index is 5.35. The summed E-state index contributed by atoms with van der Waals surface area (Å²) in [5.41, 5.74) is 2.81. The Morgan fingerprint density at radius 3 is 2.91 bits per heavy atom. The monoisotopic (exact) mass is 318 g/mol. The van der Waals surface area contributed by atoms with E-state index >= 15 is 0 Å². The normalized spacial score (nSPS) is 15.4. The molecular weight excluding hydrogens is 288 g/mol. The molecular formula is C18H30N4O. The number of ether oxygens (including phenoxy) is 1. The zero-order chi connectivity index (χ0) is 16.5. The van der Waals surface area contributed by atoms with Gasteiger partial charge in [-0.2, -0.15) is 0 Å². The molecule has 0 spiro atoms. The van der Waals surface area contributed by atoms with Gasteiger partial charge in [0.25, 0.3) is 0 Å². The molecule has 128 valence electrons. The minimum absolute atomic E-state index is 0.390. The number of rotatable bonds is 8. The SMILES string of the molecule is CCNC(=NCC(C)N1CCc2ccccc21)NCCOCC. The minimum Gasteiger partial charge on any atom is -0.380 e. The maximum Gasteiger partial charge on any atom is 0.191 e. The predicted molar refractivity (Wildman–Crippen MR) is 97.4 cm³/mol. The van der Waals surface area contributed by atoms with Crippen LogP contribution in [0.5, 0.6) is 0 Å². The summed E-state index contributed by atoms with van der Waals surface area (Å²) in [6, 6.07) is 9.07. The number of aliphatic imine (C=N–C) groups is 1. The van der Waals surface area contributed by atoms with Gasteiger partial charge in [0, 0.05) is 38.0 Å². The average Bonchev–Trinajstić information content (AvgIpc) is 3.00. The smallest absolute Gasteiger partial charge is 0.191 e.